The number of carbonyl (C=O) groups excluding carboxylic acids is 1. The fourth-order valence-corrected chi connectivity index (χ4v) is 5.92. The lowest BCUT2D eigenvalue weighted by atomic mass is 10.1. The van der Waals surface area contributed by atoms with Gasteiger partial charge in [-0.25, -0.2) is 4.39 Å². The summed E-state index contributed by atoms with van der Waals surface area (Å²) in [4.78, 5) is 15.9. The average molecular weight is 523 g/mol. The predicted molar refractivity (Wildman–Crippen MR) is 147 cm³/mol. The fraction of sp³-hybridized carbons (Fsp3) is 0.536. The van der Waals surface area contributed by atoms with E-state index in [1.54, 1.807) is 21.8 Å². The van der Waals surface area contributed by atoms with Crippen molar-refractivity contribution < 1.29 is 9.18 Å². The van der Waals surface area contributed by atoms with Crippen LogP contribution in [0.3, 0.4) is 0 Å². The van der Waals surface area contributed by atoms with Crippen molar-refractivity contribution in [3.05, 3.63) is 47.7 Å². The zero-order valence-electron chi connectivity index (χ0n) is 22.7. The lowest BCUT2D eigenvalue weighted by molar-refractivity contribution is -0.118. The first-order chi connectivity index (χ1) is 18.6. The van der Waals surface area contributed by atoms with Gasteiger partial charge in [-0.1, -0.05) is 19.9 Å². The molecular formula is C28H39FN8O. The zero-order valence-corrected chi connectivity index (χ0v) is 22.7. The lowest BCUT2D eigenvalue weighted by Crippen LogP contribution is -2.42. The first-order valence-electron chi connectivity index (χ1n) is 13.9. The van der Waals surface area contributed by atoms with Crippen LogP contribution in [0.2, 0.25) is 0 Å². The summed E-state index contributed by atoms with van der Waals surface area (Å²) in [6.45, 7) is 9.41. The van der Waals surface area contributed by atoms with Crippen LogP contribution in [0, 0.1) is 5.82 Å². The van der Waals surface area contributed by atoms with Crippen LogP contribution in [0.4, 0.5) is 15.9 Å². The van der Waals surface area contributed by atoms with Crippen molar-refractivity contribution in [3.63, 3.8) is 0 Å². The van der Waals surface area contributed by atoms with Gasteiger partial charge in [0.25, 0.3) is 0 Å². The molecule has 1 atom stereocenters. The van der Waals surface area contributed by atoms with Crippen LogP contribution in [0.15, 0.2) is 30.6 Å². The Morgan fingerprint density at radius 1 is 1.11 bits per heavy atom. The van der Waals surface area contributed by atoms with Gasteiger partial charge in [0, 0.05) is 62.2 Å². The molecule has 1 amide bonds. The van der Waals surface area contributed by atoms with Gasteiger partial charge in [-0.2, -0.15) is 10.2 Å². The topological polar surface area (TPSA) is 83.3 Å². The Bertz CT molecular complexity index is 1250. The number of hydrogen-bond acceptors (Lipinski definition) is 6. The Balaban J connectivity index is 0.00000144. The van der Waals surface area contributed by atoms with Gasteiger partial charge >= 0.3 is 0 Å². The highest BCUT2D eigenvalue weighted by molar-refractivity contribution is 5.68. The summed E-state index contributed by atoms with van der Waals surface area (Å²) in [6.07, 6.45) is 8.68. The van der Waals surface area contributed by atoms with Crippen LogP contribution in [-0.4, -0.2) is 74.5 Å². The van der Waals surface area contributed by atoms with Crippen LogP contribution in [0.25, 0.3) is 11.1 Å². The average Bonchev–Trinajstić information content (AvgIpc) is 3.70. The molecule has 3 aliphatic heterocycles. The van der Waals surface area contributed by atoms with E-state index in [0.29, 0.717) is 36.7 Å². The molecule has 9 nitrogen and oxygen atoms in total. The molecule has 0 bridgehead atoms. The number of halogens is 1. The van der Waals surface area contributed by atoms with Gasteiger partial charge in [-0.05, 0) is 50.0 Å². The number of piperidine rings is 1. The van der Waals surface area contributed by atoms with Crippen LogP contribution in [0.5, 0.6) is 0 Å². The molecule has 1 unspecified atom stereocenters. The summed E-state index contributed by atoms with van der Waals surface area (Å²) < 4.78 is 19.0. The highest BCUT2D eigenvalue weighted by Gasteiger charge is 2.34. The van der Waals surface area contributed by atoms with E-state index >= 15 is 4.39 Å². The number of anilines is 2. The van der Waals surface area contributed by atoms with Crippen LogP contribution in [-0.2, 0) is 24.8 Å². The number of benzene rings is 1. The van der Waals surface area contributed by atoms with Crippen molar-refractivity contribution in [3.8, 4) is 11.1 Å². The van der Waals surface area contributed by atoms with Gasteiger partial charge in [0.1, 0.15) is 5.82 Å². The molecule has 204 valence electrons. The smallest absolute Gasteiger partial charge is 0.210 e. The Kier molecular flexibility index (Phi) is 8.09. The molecule has 38 heavy (non-hydrogen) atoms. The molecule has 3 aromatic rings. The largest absolute Gasteiger partial charge is 0.340 e. The molecule has 2 saturated heterocycles. The minimum atomic E-state index is -0.347. The molecular weight excluding hydrogens is 483 g/mol. The van der Waals surface area contributed by atoms with Crippen molar-refractivity contribution >= 4 is 17.9 Å². The van der Waals surface area contributed by atoms with E-state index in [0.717, 1.165) is 62.1 Å². The third-order valence-electron chi connectivity index (χ3n) is 7.89. The van der Waals surface area contributed by atoms with E-state index in [4.69, 9.17) is 5.10 Å². The monoisotopic (exact) mass is 522 g/mol. The number of likely N-dealkylation sites (tertiary alicyclic amines) is 1. The molecule has 1 aromatic carbocycles. The maximum Gasteiger partial charge on any atom is 0.210 e. The number of rotatable bonds is 6. The van der Waals surface area contributed by atoms with E-state index < -0.39 is 0 Å². The maximum absolute atomic E-state index is 15.2. The Morgan fingerprint density at radius 2 is 1.92 bits per heavy atom. The summed E-state index contributed by atoms with van der Waals surface area (Å²) in [5.41, 5.74) is 4.17. The normalized spacial score (nSPS) is 20.1. The Morgan fingerprint density at radius 3 is 2.63 bits per heavy atom. The molecule has 6 rings (SSSR count). The number of fused-ring (bicyclic) bond motifs is 1. The number of nitrogens with zero attached hydrogens (tertiary/aromatic N) is 6. The molecule has 5 heterocycles. The molecule has 3 aliphatic rings. The molecule has 0 aliphatic carbocycles. The van der Waals surface area contributed by atoms with E-state index in [2.05, 4.69) is 25.3 Å². The molecule has 2 fully saturated rings. The van der Waals surface area contributed by atoms with Gasteiger partial charge < -0.3 is 15.5 Å². The van der Waals surface area contributed by atoms with Gasteiger partial charge in [0.05, 0.1) is 24.5 Å². The summed E-state index contributed by atoms with van der Waals surface area (Å²) >= 11 is 0. The first-order valence-corrected chi connectivity index (χ1v) is 13.9. The van der Waals surface area contributed by atoms with E-state index in [1.807, 2.05) is 33.2 Å². The highest BCUT2D eigenvalue weighted by Crippen LogP contribution is 2.35. The van der Waals surface area contributed by atoms with Gasteiger partial charge in [0.2, 0.25) is 6.41 Å². The first kappa shape index (κ1) is 26.4. The van der Waals surface area contributed by atoms with E-state index in [1.165, 1.54) is 24.6 Å². The predicted octanol–water partition coefficient (Wildman–Crippen LogP) is 3.71. The number of aromatic nitrogens is 4. The van der Waals surface area contributed by atoms with Crippen LogP contribution >= 0.6 is 0 Å². The van der Waals surface area contributed by atoms with E-state index in [9.17, 15) is 4.79 Å². The fourth-order valence-electron chi connectivity index (χ4n) is 5.92. The standard InChI is InChI=1S/C26H33FN8O.C2H6/c1-32-14-19(13-29-32)18-2-3-24(23(27)12-18)30-26-22-16-33(17-36)10-7-25(22)35(31-26)21-6-11-34(15-21)20-4-8-28-9-5-20;1-2/h2-3,12-14,17,20-21,28H,4-11,15-16H2,1H3,(H,30,31);1-2H3. The third kappa shape index (κ3) is 5.33. The van der Waals surface area contributed by atoms with Gasteiger partial charge in [0.15, 0.2) is 5.82 Å². The molecule has 2 N–H and O–H groups in total. The molecule has 0 saturated carbocycles. The minimum Gasteiger partial charge on any atom is -0.340 e. The Labute approximate surface area is 224 Å². The van der Waals surface area contributed by atoms with Crippen molar-refractivity contribution in [2.24, 2.45) is 7.05 Å². The SMILES string of the molecule is CC.Cn1cc(-c2ccc(Nc3nn(C4CCN(C5CCNCC5)C4)c4c3CN(C=O)CC4)c(F)c2)cn1. The second-order valence-electron chi connectivity index (χ2n) is 10.2. The number of nitrogens with one attached hydrogen (secondary N) is 2. The lowest BCUT2D eigenvalue weighted by Gasteiger charge is -2.31. The molecule has 10 heteroatoms. The number of hydrogen-bond donors (Lipinski definition) is 2. The molecule has 0 spiro atoms. The van der Waals surface area contributed by atoms with Crippen molar-refractivity contribution in [1.82, 2.24) is 34.7 Å². The van der Waals surface area contributed by atoms with Crippen molar-refractivity contribution in [2.45, 2.75) is 58.2 Å². The van der Waals surface area contributed by atoms with Crippen molar-refractivity contribution in [1.29, 1.82) is 0 Å². The maximum atomic E-state index is 15.2. The second-order valence-corrected chi connectivity index (χ2v) is 10.2. The Hall–Kier alpha value is -3.24. The molecule has 2 aromatic heterocycles. The third-order valence-corrected chi connectivity index (χ3v) is 7.89. The summed E-state index contributed by atoms with van der Waals surface area (Å²) in [6, 6.07) is 6.09. The van der Waals surface area contributed by atoms with Crippen LogP contribution in [0.1, 0.15) is 50.4 Å². The number of amides is 1. The highest BCUT2D eigenvalue weighted by atomic mass is 19.1. The minimum absolute atomic E-state index is 0.296. The quantitative estimate of drug-likeness (QED) is 0.481. The summed E-state index contributed by atoms with van der Waals surface area (Å²) in [5.74, 6) is 0.297. The summed E-state index contributed by atoms with van der Waals surface area (Å²) in [5, 5.41) is 15.9. The van der Waals surface area contributed by atoms with Gasteiger partial charge in [-0.3, -0.25) is 19.1 Å². The van der Waals surface area contributed by atoms with E-state index in [-0.39, 0.29) is 5.82 Å². The second kappa shape index (κ2) is 11.7. The van der Waals surface area contributed by atoms with Gasteiger partial charge in [-0.15, -0.1) is 0 Å². The van der Waals surface area contributed by atoms with Crippen LogP contribution < -0.4 is 10.6 Å². The number of carbonyl (C=O) groups is 1. The molecule has 0 radical (unpaired) electrons. The number of aryl methyl sites for hydroxylation is 1. The summed E-state index contributed by atoms with van der Waals surface area (Å²) in [7, 11) is 1.84. The van der Waals surface area contributed by atoms with Crippen molar-refractivity contribution in [2.75, 3.05) is 38.0 Å². The zero-order chi connectivity index (χ0) is 26.6.